The van der Waals surface area contributed by atoms with Crippen LogP contribution in [0.5, 0.6) is 0 Å². The number of aliphatic hydroxyl groups is 4. The van der Waals surface area contributed by atoms with Gasteiger partial charge in [-0.2, -0.15) is 0 Å². The minimum atomic E-state index is -0.780. The lowest BCUT2D eigenvalue weighted by atomic mass is 9.44. The molecular weight excluding hydrogens is 404 g/mol. The fraction of sp³-hybridized carbons (Fsp3) is 0.963. The molecule has 4 rings (SSSR count). The highest BCUT2D eigenvalue weighted by molar-refractivity contribution is 5.83. The van der Waals surface area contributed by atoms with E-state index in [0.717, 1.165) is 25.7 Å². The second-order valence-electron chi connectivity index (χ2n) is 13.0. The summed E-state index contributed by atoms with van der Waals surface area (Å²) in [5.74, 6) is 2.09. The van der Waals surface area contributed by atoms with Gasteiger partial charge in [-0.1, -0.05) is 34.6 Å². The summed E-state index contributed by atoms with van der Waals surface area (Å²) in [4.78, 5) is 13.3. The minimum Gasteiger partial charge on any atom is -0.390 e. The molecule has 0 bridgehead atoms. The summed E-state index contributed by atoms with van der Waals surface area (Å²) in [5.41, 5.74) is -0.147. The summed E-state index contributed by atoms with van der Waals surface area (Å²) in [7, 11) is 0. The molecule has 4 aliphatic carbocycles. The first kappa shape index (κ1) is 24.6. The maximum absolute atomic E-state index is 13.3. The zero-order chi connectivity index (χ0) is 23.6. The van der Waals surface area contributed by atoms with Gasteiger partial charge in [0.05, 0.1) is 24.4 Å². The number of Topliss-reactive ketones (excluding diaryl/α,β-unsaturated/α-hetero) is 1. The Hall–Kier alpha value is -0.490. The molecule has 0 aromatic rings. The molecule has 0 radical (unpaired) electrons. The largest absolute Gasteiger partial charge is 0.390 e. The van der Waals surface area contributed by atoms with E-state index in [-0.39, 0.29) is 28.4 Å². The quantitative estimate of drug-likeness (QED) is 0.513. The van der Waals surface area contributed by atoms with Gasteiger partial charge in [-0.3, -0.25) is 4.79 Å². The van der Waals surface area contributed by atoms with Crippen LogP contribution in [0.4, 0.5) is 0 Å². The fourth-order valence-corrected chi connectivity index (χ4v) is 9.19. The van der Waals surface area contributed by atoms with Gasteiger partial charge >= 0.3 is 0 Å². The predicted molar refractivity (Wildman–Crippen MR) is 124 cm³/mol. The topological polar surface area (TPSA) is 98.0 Å². The van der Waals surface area contributed by atoms with E-state index >= 15 is 0 Å². The molecular formula is C27H46O5. The van der Waals surface area contributed by atoms with Gasteiger partial charge < -0.3 is 20.4 Å². The lowest BCUT2D eigenvalue weighted by Crippen LogP contribution is -2.59. The maximum atomic E-state index is 13.3. The van der Waals surface area contributed by atoms with E-state index in [9.17, 15) is 25.2 Å². The Bertz CT molecular complexity index is 708. The molecule has 0 aromatic carbocycles. The molecule has 4 N–H and O–H groups in total. The number of rotatable bonds is 5. The summed E-state index contributed by atoms with van der Waals surface area (Å²) in [6, 6.07) is 0. The van der Waals surface area contributed by atoms with E-state index in [1.54, 1.807) is 0 Å². The van der Waals surface area contributed by atoms with Gasteiger partial charge in [0, 0.05) is 12.3 Å². The van der Waals surface area contributed by atoms with E-state index in [1.165, 1.54) is 0 Å². The Morgan fingerprint density at radius 1 is 0.969 bits per heavy atom. The van der Waals surface area contributed by atoms with Gasteiger partial charge in [0.25, 0.3) is 0 Å². The van der Waals surface area contributed by atoms with E-state index in [4.69, 9.17) is 0 Å². The van der Waals surface area contributed by atoms with Crippen molar-refractivity contribution in [3.8, 4) is 0 Å². The van der Waals surface area contributed by atoms with Crippen molar-refractivity contribution in [1.29, 1.82) is 0 Å². The molecule has 4 aliphatic rings. The zero-order valence-electron chi connectivity index (χ0n) is 20.7. The molecule has 32 heavy (non-hydrogen) atoms. The number of aliphatic hydroxyl groups excluding tert-OH is 4. The number of carbonyl (C=O) groups is 1. The van der Waals surface area contributed by atoms with Crippen molar-refractivity contribution < 1.29 is 25.2 Å². The van der Waals surface area contributed by atoms with Gasteiger partial charge in [-0.25, -0.2) is 0 Å². The maximum Gasteiger partial charge on any atom is 0.136 e. The van der Waals surface area contributed by atoms with Crippen molar-refractivity contribution in [2.75, 3.05) is 0 Å². The highest BCUT2D eigenvalue weighted by Crippen LogP contribution is 2.67. The summed E-state index contributed by atoms with van der Waals surface area (Å²) in [5, 5.41) is 42.3. The molecule has 0 amide bonds. The third kappa shape index (κ3) is 3.79. The van der Waals surface area contributed by atoms with Crippen molar-refractivity contribution in [2.45, 2.75) is 110 Å². The normalized spacial score (nSPS) is 49.2. The predicted octanol–water partition coefficient (Wildman–Crippen LogP) is 3.56. The Kier molecular flexibility index (Phi) is 6.64. The van der Waals surface area contributed by atoms with E-state index in [0.29, 0.717) is 55.3 Å². The lowest BCUT2D eigenvalue weighted by molar-refractivity contribution is -0.174. The molecule has 0 heterocycles. The summed E-state index contributed by atoms with van der Waals surface area (Å²) in [6.45, 7) is 10.8. The molecule has 4 saturated carbocycles. The summed E-state index contributed by atoms with van der Waals surface area (Å²) in [6.07, 6.45) is 3.50. The van der Waals surface area contributed by atoms with Crippen LogP contribution in [-0.2, 0) is 4.79 Å². The standard InChI is InChI=1S/C27H46O5/c1-14(2)10-23(30)25(32)15(3)17-6-7-18-16-11-21(28)20-12-22(29)24(31)13-27(20,5)19(16)8-9-26(17,18)4/h14-20,22-25,29-32H,6-13H2,1-5H3. The van der Waals surface area contributed by atoms with E-state index in [1.807, 2.05) is 0 Å². The average molecular weight is 451 g/mol. The Labute approximate surface area is 194 Å². The number of carbonyl (C=O) groups excluding carboxylic acids is 1. The highest BCUT2D eigenvalue weighted by Gasteiger charge is 2.63. The van der Waals surface area contributed by atoms with Crippen LogP contribution in [0.3, 0.4) is 0 Å². The van der Waals surface area contributed by atoms with Gasteiger partial charge in [0.15, 0.2) is 0 Å². The molecule has 12 unspecified atom stereocenters. The van der Waals surface area contributed by atoms with E-state index in [2.05, 4.69) is 34.6 Å². The van der Waals surface area contributed by atoms with Crippen LogP contribution in [0, 0.1) is 52.3 Å². The Morgan fingerprint density at radius 3 is 2.28 bits per heavy atom. The lowest BCUT2D eigenvalue weighted by Gasteiger charge is -2.61. The monoisotopic (exact) mass is 450 g/mol. The van der Waals surface area contributed by atoms with Crippen molar-refractivity contribution in [3.05, 3.63) is 0 Å². The molecule has 0 spiro atoms. The van der Waals surface area contributed by atoms with Crippen LogP contribution in [0.15, 0.2) is 0 Å². The van der Waals surface area contributed by atoms with Crippen LogP contribution in [0.1, 0.15) is 86.0 Å². The first-order valence-corrected chi connectivity index (χ1v) is 13.1. The summed E-state index contributed by atoms with van der Waals surface area (Å²) >= 11 is 0. The SMILES string of the molecule is CC(C)CC(O)C(O)C(C)C1CCC2C3CC(=O)C4CC(O)C(O)CC4(C)C3CCC12C. The minimum absolute atomic E-state index is 0.0320. The van der Waals surface area contributed by atoms with Gasteiger partial charge in [0.2, 0.25) is 0 Å². The highest BCUT2D eigenvalue weighted by atomic mass is 16.3. The summed E-state index contributed by atoms with van der Waals surface area (Å²) < 4.78 is 0. The molecule has 12 atom stereocenters. The second kappa shape index (κ2) is 8.62. The van der Waals surface area contributed by atoms with E-state index < -0.39 is 24.4 Å². The molecule has 184 valence electrons. The molecule has 5 heteroatoms. The number of ketones is 1. The van der Waals surface area contributed by atoms with Gasteiger partial charge in [-0.05, 0) is 91.3 Å². The van der Waals surface area contributed by atoms with Crippen LogP contribution in [-0.4, -0.2) is 50.6 Å². The third-order valence-corrected chi connectivity index (χ3v) is 10.8. The van der Waals surface area contributed by atoms with Gasteiger partial charge in [0.1, 0.15) is 5.78 Å². The van der Waals surface area contributed by atoms with Gasteiger partial charge in [-0.15, -0.1) is 0 Å². The van der Waals surface area contributed by atoms with Crippen molar-refractivity contribution in [3.63, 3.8) is 0 Å². The molecule has 4 fully saturated rings. The third-order valence-electron chi connectivity index (χ3n) is 10.8. The number of fused-ring (bicyclic) bond motifs is 5. The van der Waals surface area contributed by atoms with Crippen LogP contribution >= 0.6 is 0 Å². The van der Waals surface area contributed by atoms with Crippen molar-refractivity contribution in [1.82, 2.24) is 0 Å². The number of hydrogen-bond acceptors (Lipinski definition) is 5. The second-order valence-corrected chi connectivity index (χ2v) is 13.0. The van der Waals surface area contributed by atoms with Crippen molar-refractivity contribution in [2.24, 2.45) is 52.3 Å². The van der Waals surface area contributed by atoms with Crippen molar-refractivity contribution >= 4 is 5.78 Å². The zero-order valence-corrected chi connectivity index (χ0v) is 20.7. The first-order valence-electron chi connectivity index (χ1n) is 13.1. The Balaban J connectivity index is 1.55. The smallest absolute Gasteiger partial charge is 0.136 e. The number of hydrogen-bond donors (Lipinski definition) is 4. The fourth-order valence-electron chi connectivity index (χ4n) is 9.19. The molecule has 0 saturated heterocycles. The van der Waals surface area contributed by atoms with Crippen LogP contribution < -0.4 is 0 Å². The first-order chi connectivity index (χ1) is 14.9. The molecule has 0 aliphatic heterocycles. The molecule has 5 nitrogen and oxygen atoms in total. The van der Waals surface area contributed by atoms with Crippen LogP contribution in [0.2, 0.25) is 0 Å². The van der Waals surface area contributed by atoms with Crippen LogP contribution in [0.25, 0.3) is 0 Å². The Morgan fingerprint density at radius 2 is 1.62 bits per heavy atom. The molecule has 0 aromatic heterocycles. The average Bonchev–Trinajstić information content (AvgIpc) is 3.06.